The van der Waals surface area contributed by atoms with Gasteiger partial charge in [0.15, 0.2) is 0 Å². The predicted molar refractivity (Wildman–Crippen MR) is 70.4 cm³/mol. The molecular formula is C14H26N2O. The summed E-state index contributed by atoms with van der Waals surface area (Å²) in [5.41, 5.74) is -0.462. The fourth-order valence-electron chi connectivity index (χ4n) is 1.51. The summed E-state index contributed by atoms with van der Waals surface area (Å²) in [4.78, 5) is 11.5. The molecule has 0 aliphatic heterocycles. The maximum absolute atomic E-state index is 11.5. The van der Waals surface area contributed by atoms with Crippen LogP contribution in [0.4, 0.5) is 0 Å². The lowest BCUT2D eigenvalue weighted by atomic mass is 9.96. The van der Waals surface area contributed by atoms with Crippen LogP contribution >= 0.6 is 0 Å². The van der Waals surface area contributed by atoms with E-state index in [0.29, 0.717) is 13.0 Å². The lowest BCUT2D eigenvalue weighted by molar-refractivity contribution is -0.121. The van der Waals surface area contributed by atoms with Gasteiger partial charge in [-0.3, -0.25) is 4.79 Å². The van der Waals surface area contributed by atoms with E-state index in [0.717, 1.165) is 12.8 Å². The highest BCUT2D eigenvalue weighted by Gasteiger charge is 2.17. The van der Waals surface area contributed by atoms with Gasteiger partial charge in [-0.15, -0.1) is 0 Å². The van der Waals surface area contributed by atoms with Crippen molar-refractivity contribution in [2.75, 3.05) is 6.54 Å². The number of carbonyl (C=O) groups excluding carboxylic acids is 1. The number of hydrogen-bond donors (Lipinski definition) is 1. The summed E-state index contributed by atoms with van der Waals surface area (Å²) in [6, 6.07) is 2.17. The van der Waals surface area contributed by atoms with Gasteiger partial charge in [0.05, 0.1) is 11.5 Å². The first-order valence-corrected chi connectivity index (χ1v) is 6.70. The van der Waals surface area contributed by atoms with Gasteiger partial charge in [-0.25, -0.2) is 0 Å². The Morgan fingerprint density at radius 1 is 1.18 bits per heavy atom. The predicted octanol–water partition coefficient (Wildman–Crippen LogP) is 3.40. The van der Waals surface area contributed by atoms with Crippen molar-refractivity contribution in [1.29, 1.82) is 5.26 Å². The van der Waals surface area contributed by atoms with Crippen LogP contribution < -0.4 is 5.32 Å². The summed E-state index contributed by atoms with van der Waals surface area (Å²) >= 11 is 0. The number of amides is 1. The van der Waals surface area contributed by atoms with Crippen LogP contribution in [-0.4, -0.2) is 12.5 Å². The lowest BCUT2D eigenvalue weighted by Gasteiger charge is -2.15. The molecule has 0 spiro atoms. The number of nitriles is 1. The SMILES string of the molecule is CCCCCCCCC(=O)NCC(C)(C)C#N. The fraction of sp³-hybridized carbons (Fsp3) is 0.857. The van der Waals surface area contributed by atoms with Crippen molar-refractivity contribution in [1.82, 2.24) is 5.32 Å². The average molecular weight is 238 g/mol. The Kier molecular flexibility index (Phi) is 8.49. The molecule has 17 heavy (non-hydrogen) atoms. The Balaban J connectivity index is 3.45. The molecule has 0 bridgehead atoms. The molecule has 0 aromatic carbocycles. The van der Waals surface area contributed by atoms with Gasteiger partial charge in [0.2, 0.25) is 5.91 Å². The zero-order chi connectivity index (χ0) is 13.1. The number of nitrogens with one attached hydrogen (secondary N) is 1. The van der Waals surface area contributed by atoms with Gasteiger partial charge in [-0.1, -0.05) is 39.0 Å². The first-order chi connectivity index (χ1) is 8.02. The van der Waals surface area contributed by atoms with E-state index in [4.69, 9.17) is 5.26 Å². The standard InChI is InChI=1S/C14H26N2O/c1-4-5-6-7-8-9-10-13(17)16-12-14(2,3)11-15/h4-10,12H2,1-3H3,(H,16,17). The summed E-state index contributed by atoms with van der Waals surface area (Å²) in [6.45, 7) is 6.30. The molecule has 0 atom stereocenters. The quantitative estimate of drug-likeness (QED) is 0.626. The molecule has 0 fully saturated rings. The third kappa shape index (κ3) is 9.86. The zero-order valence-corrected chi connectivity index (χ0v) is 11.5. The molecule has 1 amide bonds. The molecule has 0 rings (SSSR count). The number of nitrogens with zero attached hydrogens (tertiary/aromatic N) is 1. The molecule has 98 valence electrons. The largest absolute Gasteiger partial charge is 0.355 e. The molecule has 0 saturated heterocycles. The smallest absolute Gasteiger partial charge is 0.220 e. The molecule has 3 nitrogen and oxygen atoms in total. The average Bonchev–Trinajstić information content (AvgIpc) is 2.31. The highest BCUT2D eigenvalue weighted by atomic mass is 16.1. The van der Waals surface area contributed by atoms with E-state index in [2.05, 4.69) is 18.3 Å². The van der Waals surface area contributed by atoms with Gasteiger partial charge < -0.3 is 5.32 Å². The molecule has 0 aromatic heterocycles. The van der Waals surface area contributed by atoms with E-state index in [-0.39, 0.29) is 5.91 Å². The van der Waals surface area contributed by atoms with E-state index in [9.17, 15) is 4.79 Å². The maximum Gasteiger partial charge on any atom is 0.220 e. The molecule has 0 aliphatic rings. The topological polar surface area (TPSA) is 52.9 Å². The summed E-state index contributed by atoms with van der Waals surface area (Å²) in [7, 11) is 0. The van der Waals surface area contributed by atoms with Crippen molar-refractivity contribution in [3.8, 4) is 6.07 Å². The minimum atomic E-state index is -0.462. The Bertz CT molecular complexity index is 253. The number of carbonyl (C=O) groups is 1. The van der Waals surface area contributed by atoms with E-state index in [1.165, 1.54) is 25.7 Å². The normalized spacial score (nSPS) is 10.9. The minimum Gasteiger partial charge on any atom is -0.355 e. The van der Waals surface area contributed by atoms with E-state index >= 15 is 0 Å². The van der Waals surface area contributed by atoms with Crippen LogP contribution in [0.1, 0.15) is 65.7 Å². The number of hydrogen-bond acceptors (Lipinski definition) is 2. The van der Waals surface area contributed by atoms with E-state index < -0.39 is 5.41 Å². The summed E-state index contributed by atoms with van der Waals surface area (Å²) in [6.07, 6.45) is 7.74. The first-order valence-electron chi connectivity index (χ1n) is 6.70. The van der Waals surface area contributed by atoms with Crippen molar-refractivity contribution < 1.29 is 4.79 Å². The molecule has 0 heterocycles. The van der Waals surface area contributed by atoms with Crippen LogP contribution in [0.2, 0.25) is 0 Å². The Morgan fingerprint density at radius 2 is 1.76 bits per heavy atom. The molecule has 1 N–H and O–H groups in total. The van der Waals surface area contributed by atoms with Crippen LogP contribution in [0.25, 0.3) is 0 Å². The molecular weight excluding hydrogens is 212 g/mol. The van der Waals surface area contributed by atoms with Gasteiger partial charge in [0.1, 0.15) is 0 Å². The number of unbranched alkanes of at least 4 members (excludes halogenated alkanes) is 5. The van der Waals surface area contributed by atoms with Gasteiger partial charge in [-0.05, 0) is 20.3 Å². The third-order valence-electron chi connectivity index (χ3n) is 2.79. The zero-order valence-electron chi connectivity index (χ0n) is 11.5. The van der Waals surface area contributed by atoms with E-state index in [1.54, 1.807) is 0 Å². The van der Waals surface area contributed by atoms with Gasteiger partial charge >= 0.3 is 0 Å². The monoisotopic (exact) mass is 238 g/mol. The van der Waals surface area contributed by atoms with Gasteiger partial charge in [0, 0.05) is 13.0 Å². The lowest BCUT2D eigenvalue weighted by Crippen LogP contribution is -2.32. The van der Waals surface area contributed by atoms with Crippen LogP contribution in [0, 0.1) is 16.7 Å². The fourth-order valence-corrected chi connectivity index (χ4v) is 1.51. The van der Waals surface area contributed by atoms with Crippen molar-refractivity contribution in [2.45, 2.75) is 65.7 Å². The molecule has 0 unspecified atom stereocenters. The summed E-state index contributed by atoms with van der Waals surface area (Å²) in [5, 5.41) is 11.6. The van der Waals surface area contributed by atoms with Crippen molar-refractivity contribution in [2.24, 2.45) is 5.41 Å². The number of rotatable bonds is 9. The maximum atomic E-state index is 11.5. The second-order valence-electron chi connectivity index (χ2n) is 5.29. The molecule has 0 saturated carbocycles. The van der Waals surface area contributed by atoms with Crippen molar-refractivity contribution in [3.05, 3.63) is 0 Å². The molecule has 3 heteroatoms. The first kappa shape index (κ1) is 16.0. The highest BCUT2D eigenvalue weighted by Crippen LogP contribution is 2.11. The van der Waals surface area contributed by atoms with Crippen LogP contribution in [0.3, 0.4) is 0 Å². The van der Waals surface area contributed by atoms with Crippen molar-refractivity contribution in [3.63, 3.8) is 0 Å². The minimum absolute atomic E-state index is 0.0730. The van der Waals surface area contributed by atoms with Crippen LogP contribution in [0.5, 0.6) is 0 Å². The summed E-state index contributed by atoms with van der Waals surface area (Å²) < 4.78 is 0. The van der Waals surface area contributed by atoms with Crippen LogP contribution in [0.15, 0.2) is 0 Å². The molecule has 0 radical (unpaired) electrons. The molecule has 0 aliphatic carbocycles. The second kappa shape index (κ2) is 9.04. The van der Waals surface area contributed by atoms with Gasteiger partial charge in [0.25, 0.3) is 0 Å². The van der Waals surface area contributed by atoms with Crippen molar-refractivity contribution >= 4 is 5.91 Å². The Labute approximate surface area is 106 Å². The second-order valence-corrected chi connectivity index (χ2v) is 5.29. The highest BCUT2D eigenvalue weighted by molar-refractivity contribution is 5.75. The Hall–Kier alpha value is -1.04. The van der Waals surface area contributed by atoms with Gasteiger partial charge in [-0.2, -0.15) is 5.26 Å². The Morgan fingerprint density at radius 3 is 2.35 bits per heavy atom. The third-order valence-corrected chi connectivity index (χ3v) is 2.79. The van der Waals surface area contributed by atoms with E-state index in [1.807, 2.05) is 13.8 Å². The van der Waals surface area contributed by atoms with Crippen LogP contribution in [-0.2, 0) is 4.79 Å². The molecule has 0 aromatic rings. The summed E-state index contributed by atoms with van der Waals surface area (Å²) in [5.74, 6) is 0.0730.